The molecule has 1 heterocycles. The fourth-order valence-corrected chi connectivity index (χ4v) is 3.36. The predicted octanol–water partition coefficient (Wildman–Crippen LogP) is 3.73. The molecular formula is C18H17Cl2N3O2. The zero-order chi connectivity index (χ0) is 18.0. The zero-order valence-corrected chi connectivity index (χ0v) is 15.1. The fourth-order valence-electron chi connectivity index (χ4n) is 2.71. The number of benzene rings is 2. The number of hydrogen-bond acceptors (Lipinski definition) is 4. The highest BCUT2D eigenvalue weighted by Gasteiger charge is 2.21. The van der Waals surface area contributed by atoms with Crippen molar-refractivity contribution >= 4 is 46.7 Å². The molecule has 0 aliphatic carbocycles. The molecule has 7 heteroatoms. The molecule has 1 aliphatic heterocycles. The van der Waals surface area contributed by atoms with Crippen LogP contribution in [0.1, 0.15) is 11.1 Å². The van der Waals surface area contributed by atoms with Gasteiger partial charge in [0.2, 0.25) is 0 Å². The van der Waals surface area contributed by atoms with Gasteiger partial charge in [0.05, 0.1) is 17.3 Å². The number of hydrogen-bond donors (Lipinski definition) is 1. The topological polar surface area (TPSA) is 67.9 Å². The van der Waals surface area contributed by atoms with E-state index in [1.807, 2.05) is 13.0 Å². The van der Waals surface area contributed by atoms with Crippen molar-refractivity contribution in [3.05, 3.63) is 51.5 Å². The molecule has 0 fully saturated rings. The Hall–Kier alpha value is -2.24. The zero-order valence-electron chi connectivity index (χ0n) is 13.6. The van der Waals surface area contributed by atoms with E-state index in [9.17, 15) is 4.79 Å². The van der Waals surface area contributed by atoms with Crippen molar-refractivity contribution < 1.29 is 9.53 Å². The molecule has 1 aliphatic rings. The van der Waals surface area contributed by atoms with Gasteiger partial charge in [0, 0.05) is 29.0 Å². The van der Waals surface area contributed by atoms with E-state index in [1.54, 1.807) is 35.4 Å². The first-order valence-electron chi connectivity index (χ1n) is 7.74. The van der Waals surface area contributed by atoms with Crippen molar-refractivity contribution in [2.24, 2.45) is 4.99 Å². The van der Waals surface area contributed by atoms with E-state index < -0.39 is 0 Å². The van der Waals surface area contributed by atoms with Gasteiger partial charge in [0.25, 0.3) is 5.91 Å². The molecular weight excluding hydrogens is 361 g/mol. The Morgan fingerprint density at radius 1 is 1.32 bits per heavy atom. The SMILES string of the molecule is Cc1cc(Cl)cc(Cl)c1OCC(=O)N1CCN=Cc2cc(N)ccc21. The Labute approximate surface area is 156 Å². The Morgan fingerprint density at radius 3 is 2.88 bits per heavy atom. The fraction of sp³-hybridized carbons (Fsp3) is 0.222. The summed E-state index contributed by atoms with van der Waals surface area (Å²) in [6, 6.07) is 8.71. The minimum atomic E-state index is -0.179. The molecule has 0 spiro atoms. The van der Waals surface area contributed by atoms with Gasteiger partial charge in [-0.15, -0.1) is 0 Å². The average molecular weight is 378 g/mol. The molecule has 0 aromatic heterocycles. The number of ether oxygens (including phenoxy) is 1. The Morgan fingerprint density at radius 2 is 2.12 bits per heavy atom. The highest BCUT2D eigenvalue weighted by atomic mass is 35.5. The van der Waals surface area contributed by atoms with Crippen LogP contribution in [0.2, 0.25) is 10.0 Å². The minimum absolute atomic E-state index is 0.133. The molecule has 2 aromatic carbocycles. The maximum Gasteiger partial charge on any atom is 0.264 e. The minimum Gasteiger partial charge on any atom is -0.482 e. The number of benzodiazepines with no additional fused rings is 1. The quantitative estimate of drug-likeness (QED) is 0.828. The summed E-state index contributed by atoms with van der Waals surface area (Å²) in [5, 5.41) is 0.905. The lowest BCUT2D eigenvalue weighted by molar-refractivity contribution is -0.120. The largest absolute Gasteiger partial charge is 0.482 e. The van der Waals surface area contributed by atoms with E-state index in [2.05, 4.69) is 4.99 Å². The molecule has 0 saturated heterocycles. The first kappa shape index (κ1) is 17.6. The number of rotatable bonds is 3. The van der Waals surface area contributed by atoms with Crippen LogP contribution in [0.3, 0.4) is 0 Å². The lowest BCUT2D eigenvalue weighted by Gasteiger charge is -2.23. The second-order valence-electron chi connectivity index (χ2n) is 5.72. The van der Waals surface area contributed by atoms with Crippen molar-refractivity contribution in [3.8, 4) is 5.75 Å². The van der Waals surface area contributed by atoms with E-state index in [0.717, 1.165) is 16.8 Å². The number of aryl methyl sites for hydroxylation is 1. The van der Waals surface area contributed by atoms with Gasteiger partial charge >= 0.3 is 0 Å². The number of fused-ring (bicyclic) bond motifs is 1. The number of nitrogens with two attached hydrogens (primary N) is 1. The maximum absolute atomic E-state index is 12.7. The van der Waals surface area contributed by atoms with Crippen molar-refractivity contribution in [2.45, 2.75) is 6.92 Å². The third kappa shape index (κ3) is 3.89. The maximum atomic E-state index is 12.7. The standard InChI is InChI=1S/C18H17Cl2N3O2/c1-11-6-13(19)8-15(20)18(11)25-10-17(24)23-5-4-22-9-12-7-14(21)2-3-16(12)23/h2-3,6-9H,4-5,10,21H2,1H3. The average Bonchev–Trinajstić information content (AvgIpc) is 2.75. The second kappa shape index (κ2) is 7.33. The number of carbonyl (C=O) groups excluding carboxylic acids is 1. The van der Waals surface area contributed by atoms with E-state index in [4.69, 9.17) is 33.7 Å². The van der Waals surface area contributed by atoms with Crippen LogP contribution in [-0.4, -0.2) is 31.8 Å². The van der Waals surface area contributed by atoms with Gasteiger partial charge in [0.1, 0.15) is 5.75 Å². The number of halogens is 2. The first-order chi connectivity index (χ1) is 12.0. The molecule has 130 valence electrons. The van der Waals surface area contributed by atoms with Gasteiger partial charge in [-0.25, -0.2) is 0 Å². The van der Waals surface area contributed by atoms with E-state index in [-0.39, 0.29) is 12.5 Å². The van der Waals surface area contributed by atoms with Crippen LogP contribution in [0.5, 0.6) is 5.75 Å². The molecule has 3 rings (SSSR count). The summed E-state index contributed by atoms with van der Waals surface area (Å²) in [5.74, 6) is 0.282. The summed E-state index contributed by atoms with van der Waals surface area (Å²) >= 11 is 12.1. The van der Waals surface area contributed by atoms with Crippen LogP contribution >= 0.6 is 23.2 Å². The summed E-state index contributed by atoms with van der Waals surface area (Å²) in [7, 11) is 0. The van der Waals surface area contributed by atoms with E-state index in [0.29, 0.717) is 34.6 Å². The smallest absolute Gasteiger partial charge is 0.264 e. The summed E-state index contributed by atoms with van der Waals surface area (Å²) in [6.45, 7) is 2.69. The van der Waals surface area contributed by atoms with Gasteiger partial charge in [0.15, 0.2) is 6.61 Å². The number of anilines is 2. The normalized spacial score (nSPS) is 13.3. The lowest BCUT2D eigenvalue weighted by Crippen LogP contribution is -2.37. The summed E-state index contributed by atoms with van der Waals surface area (Å²) in [4.78, 5) is 18.7. The lowest BCUT2D eigenvalue weighted by atomic mass is 10.1. The monoisotopic (exact) mass is 377 g/mol. The summed E-state index contributed by atoms with van der Waals surface area (Å²) in [6.07, 6.45) is 1.74. The molecule has 0 atom stereocenters. The number of nitrogen functional groups attached to an aromatic ring is 1. The number of amides is 1. The van der Waals surface area contributed by atoms with E-state index >= 15 is 0 Å². The van der Waals surface area contributed by atoms with Gasteiger partial charge in [-0.2, -0.15) is 0 Å². The molecule has 2 aromatic rings. The third-order valence-corrected chi connectivity index (χ3v) is 4.36. The Bertz CT molecular complexity index is 829. The number of nitrogens with zero attached hydrogens (tertiary/aromatic N) is 2. The predicted molar refractivity (Wildman–Crippen MR) is 102 cm³/mol. The van der Waals surface area contributed by atoms with Crippen LogP contribution in [0.15, 0.2) is 35.3 Å². The van der Waals surface area contributed by atoms with Crippen LogP contribution < -0.4 is 15.4 Å². The molecule has 2 N–H and O–H groups in total. The van der Waals surface area contributed by atoms with Gasteiger partial charge in [-0.05, 0) is 42.8 Å². The second-order valence-corrected chi connectivity index (χ2v) is 6.56. The highest BCUT2D eigenvalue weighted by Crippen LogP contribution is 2.32. The third-order valence-electron chi connectivity index (χ3n) is 3.86. The van der Waals surface area contributed by atoms with Gasteiger partial charge < -0.3 is 15.4 Å². The van der Waals surface area contributed by atoms with E-state index in [1.165, 1.54) is 0 Å². The number of aliphatic imine (C=N–C) groups is 1. The molecule has 25 heavy (non-hydrogen) atoms. The molecule has 1 amide bonds. The van der Waals surface area contributed by atoms with Crippen molar-refractivity contribution in [1.82, 2.24) is 0 Å². The van der Waals surface area contributed by atoms with Crippen LogP contribution in [0, 0.1) is 6.92 Å². The van der Waals surface area contributed by atoms with Crippen molar-refractivity contribution in [3.63, 3.8) is 0 Å². The molecule has 0 saturated carbocycles. The van der Waals surface area contributed by atoms with Gasteiger partial charge in [-0.3, -0.25) is 9.79 Å². The molecule has 0 unspecified atom stereocenters. The first-order valence-corrected chi connectivity index (χ1v) is 8.49. The van der Waals surface area contributed by atoms with Crippen LogP contribution in [0.25, 0.3) is 0 Å². The summed E-state index contributed by atoms with van der Waals surface area (Å²) < 4.78 is 5.67. The Balaban J connectivity index is 1.79. The molecule has 0 bridgehead atoms. The molecule has 0 radical (unpaired) electrons. The molecule has 5 nitrogen and oxygen atoms in total. The van der Waals surface area contributed by atoms with Crippen LogP contribution in [-0.2, 0) is 4.79 Å². The highest BCUT2D eigenvalue weighted by molar-refractivity contribution is 6.35. The Kier molecular flexibility index (Phi) is 5.16. The summed E-state index contributed by atoms with van der Waals surface area (Å²) in [5.41, 5.74) is 8.80. The van der Waals surface area contributed by atoms with Gasteiger partial charge in [-0.1, -0.05) is 23.2 Å². The van der Waals surface area contributed by atoms with Crippen molar-refractivity contribution in [2.75, 3.05) is 30.3 Å². The number of carbonyl (C=O) groups is 1. The van der Waals surface area contributed by atoms with Crippen molar-refractivity contribution in [1.29, 1.82) is 0 Å². The van der Waals surface area contributed by atoms with Crippen LogP contribution in [0.4, 0.5) is 11.4 Å².